The molecule has 2 aliphatic rings. The van der Waals surface area contributed by atoms with Gasteiger partial charge < -0.3 is 24.8 Å². The summed E-state index contributed by atoms with van der Waals surface area (Å²) in [6.07, 6.45) is 11.4. The first-order valence-corrected chi connectivity index (χ1v) is 11.5. The summed E-state index contributed by atoms with van der Waals surface area (Å²) in [6, 6.07) is 8.84. The number of fused-ring (bicyclic) bond motifs is 1. The van der Waals surface area contributed by atoms with E-state index in [-0.39, 0.29) is 31.4 Å². The maximum absolute atomic E-state index is 9.13. The van der Waals surface area contributed by atoms with E-state index in [4.69, 9.17) is 5.11 Å². The van der Waals surface area contributed by atoms with E-state index in [1.165, 1.54) is 16.7 Å². The normalized spacial score (nSPS) is 17.2. The van der Waals surface area contributed by atoms with Crippen LogP contribution in [0.3, 0.4) is 0 Å². The number of halogens is 2. The van der Waals surface area contributed by atoms with Gasteiger partial charge >= 0.3 is 135 Å². The molecule has 1 aromatic rings. The zero-order chi connectivity index (χ0) is 14.8. The Kier molecular flexibility index (Phi) is 8.38. The predicted molar refractivity (Wildman–Crippen MR) is 87.1 cm³/mol. The van der Waals surface area contributed by atoms with Gasteiger partial charge in [-0.05, 0) is 0 Å². The topological polar surface area (TPSA) is 20.2 Å². The molecule has 0 saturated heterocycles. The molecule has 0 aromatic heterocycles. The van der Waals surface area contributed by atoms with E-state index in [1.807, 2.05) is 0 Å². The summed E-state index contributed by atoms with van der Waals surface area (Å²) in [5.74, 6) is 0. The van der Waals surface area contributed by atoms with Crippen molar-refractivity contribution in [3.63, 3.8) is 0 Å². The minimum Gasteiger partial charge on any atom is -1.00 e. The number of aliphatic hydroxyl groups excluding tert-OH is 1. The van der Waals surface area contributed by atoms with Gasteiger partial charge in [-0.3, -0.25) is 0 Å². The average molecular weight is 429 g/mol. The monoisotopic (exact) mass is 426 g/mol. The molecule has 0 amide bonds. The number of benzene rings is 1. The summed E-state index contributed by atoms with van der Waals surface area (Å²) >= 11 is -1.83. The minimum absolute atomic E-state index is 0. The van der Waals surface area contributed by atoms with Gasteiger partial charge in [-0.1, -0.05) is 0 Å². The summed E-state index contributed by atoms with van der Waals surface area (Å²) in [6.45, 7) is 4.91. The number of rotatable bonds is 4. The van der Waals surface area contributed by atoms with Gasteiger partial charge in [-0.2, -0.15) is 0 Å². The van der Waals surface area contributed by atoms with Crippen LogP contribution in [-0.2, 0) is 21.3 Å². The van der Waals surface area contributed by atoms with Crippen LogP contribution in [0, 0.1) is 0 Å². The van der Waals surface area contributed by atoms with Crippen LogP contribution in [0.15, 0.2) is 51.3 Å². The molecule has 0 fully saturated rings. The summed E-state index contributed by atoms with van der Waals surface area (Å²) < 4.78 is 4.00. The van der Waals surface area contributed by atoms with Crippen molar-refractivity contribution in [2.24, 2.45) is 0 Å². The van der Waals surface area contributed by atoms with Crippen molar-refractivity contribution in [2.45, 2.75) is 30.3 Å². The Bertz CT molecular complexity index is 682. The Hall–Kier alpha value is -0.267. The zero-order valence-corrected chi connectivity index (χ0v) is 17.5. The molecule has 1 nitrogen and oxygen atoms in total. The third-order valence-electron chi connectivity index (χ3n) is 4.34. The fourth-order valence-corrected chi connectivity index (χ4v) is 11.2. The summed E-state index contributed by atoms with van der Waals surface area (Å²) in [7, 11) is 0. The molecule has 1 atom stereocenters. The van der Waals surface area contributed by atoms with E-state index in [0.29, 0.717) is 3.63 Å². The third-order valence-corrected chi connectivity index (χ3v) is 12.3. The van der Waals surface area contributed by atoms with Gasteiger partial charge in [0.2, 0.25) is 0 Å². The van der Waals surface area contributed by atoms with E-state index in [1.54, 1.807) is 6.49 Å². The molecular weight excluding hydrogens is 406 g/mol. The summed E-state index contributed by atoms with van der Waals surface area (Å²) in [4.78, 5) is 0. The molecule has 3 rings (SSSR count). The van der Waals surface area contributed by atoms with Gasteiger partial charge in [-0.25, -0.2) is 0 Å². The molecule has 0 bridgehead atoms. The van der Waals surface area contributed by atoms with E-state index in [9.17, 15) is 0 Å². The van der Waals surface area contributed by atoms with E-state index < -0.39 is 21.3 Å². The summed E-state index contributed by atoms with van der Waals surface area (Å²) in [5.41, 5.74) is 4.27. The number of aliphatic hydroxyl groups is 1. The van der Waals surface area contributed by atoms with Crippen molar-refractivity contribution in [2.75, 3.05) is 6.61 Å². The quantitative estimate of drug-likeness (QED) is 0.600. The zero-order valence-electron chi connectivity index (χ0n) is 13.5. The van der Waals surface area contributed by atoms with Crippen molar-refractivity contribution in [1.29, 1.82) is 0 Å². The molecule has 4 heteroatoms. The van der Waals surface area contributed by atoms with Crippen LogP contribution in [0.1, 0.15) is 41.4 Å². The molecule has 1 aromatic carbocycles. The largest absolute Gasteiger partial charge is 1.00 e. The SMILES string of the molecule is C[C](C)=[Zr+2]([C]1=CC(CCO)=CC1)[CH]1C=Cc2ccccc21.[Cl-].[Cl-]. The smallest absolute Gasteiger partial charge is 1.00 e. The number of hydrogen-bond acceptors (Lipinski definition) is 1. The van der Waals surface area contributed by atoms with Gasteiger partial charge in [0.15, 0.2) is 0 Å². The second-order valence-corrected chi connectivity index (χ2v) is 13.6. The number of allylic oxidation sites excluding steroid dienone is 4. The molecule has 0 radical (unpaired) electrons. The Morgan fingerprint density at radius 1 is 1.22 bits per heavy atom. The first-order chi connectivity index (χ1) is 10.2. The molecule has 2 aliphatic carbocycles. The predicted octanol–water partition coefficient (Wildman–Crippen LogP) is -1.81. The molecule has 0 heterocycles. The van der Waals surface area contributed by atoms with Crippen molar-refractivity contribution < 1.29 is 51.2 Å². The molecule has 0 aliphatic heterocycles. The molecule has 0 saturated carbocycles. The number of hydrogen-bond donors (Lipinski definition) is 1. The van der Waals surface area contributed by atoms with Gasteiger partial charge in [0.25, 0.3) is 0 Å². The van der Waals surface area contributed by atoms with Gasteiger partial charge in [0.1, 0.15) is 0 Å². The van der Waals surface area contributed by atoms with Crippen molar-refractivity contribution in [3.8, 4) is 0 Å². The fraction of sp³-hybridized carbons (Fsp3) is 0.316. The van der Waals surface area contributed by atoms with Crippen LogP contribution in [0.4, 0.5) is 0 Å². The second kappa shape index (κ2) is 9.28. The van der Waals surface area contributed by atoms with Crippen LogP contribution in [-0.4, -0.2) is 14.9 Å². The maximum atomic E-state index is 9.13. The van der Waals surface area contributed by atoms with Gasteiger partial charge in [-0.15, -0.1) is 0 Å². The summed E-state index contributed by atoms with van der Waals surface area (Å²) in [5, 5.41) is 9.13. The molecular formula is C19H22Cl2OZr. The molecule has 1 unspecified atom stereocenters. The van der Waals surface area contributed by atoms with Crippen LogP contribution in [0.25, 0.3) is 6.08 Å². The average Bonchev–Trinajstić information content (AvgIpc) is 3.08. The van der Waals surface area contributed by atoms with Gasteiger partial charge in [0, 0.05) is 0 Å². The van der Waals surface area contributed by atoms with Crippen molar-refractivity contribution in [3.05, 3.63) is 62.5 Å². The van der Waals surface area contributed by atoms with E-state index >= 15 is 0 Å². The molecule has 23 heavy (non-hydrogen) atoms. The molecule has 1 N–H and O–H groups in total. The van der Waals surface area contributed by atoms with Crippen LogP contribution < -0.4 is 24.8 Å². The molecule has 122 valence electrons. The van der Waals surface area contributed by atoms with Crippen LogP contribution >= 0.6 is 0 Å². The Balaban J connectivity index is 0.00000132. The minimum atomic E-state index is -1.83. The first kappa shape index (κ1) is 20.8. The van der Waals surface area contributed by atoms with Crippen LogP contribution in [0.5, 0.6) is 0 Å². The fourth-order valence-electron chi connectivity index (χ4n) is 3.41. The maximum Gasteiger partial charge on any atom is -1.00 e. The van der Waals surface area contributed by atoms with Crippen molar-refractivity contribution in [1.82, 2.24) is 0 Å². The third kappa shape index (κ3) is 4.42. The van der Waals surface area contributed by atoms with Crippen molar-refractivity contribution >= 4 is 9.28 Å². The van der Waals surface area contributed by atoms with Gasteiger partial charge in [0.05, 0.1) is 0 Å². The first-order valence-electron chi connectivity index (χ1n) is 7.66. The Morgan fingerprint density at radius 3 is 2.65 bits per heavy atom. The standard InChI is InChI=1S/C9H7.C7H9O.C3H6.2ClH.Zr/c1-2-5-9-7-3-6-8(9)4-1;8-6-5-7-3-1-2-4-7;1-3-2;;;/h1-7H;3-4,8H,1,5-6H2;1-2H3;2*1H;/q;;;;;+2/p-2. The second-order valence-electron chi connectivity index (χ2n) is 6.01. The van der Waals surface area contributed by atoms with E-state index in [2.05, 4.69) is 62.4 Å². The Labute approximate surface area is 159 Å². The van der Waals surface area contributed by atoms with E-state index in [0.717, 1.165) is 12.8 Å². The Morgan fingerprint density at radius 2 is 1.96 bits per heavy atom. The van der Waals surface area contributed by atoms with Crippen LogP contribution in [0.2, 0.25) is 0 Å². The molecule has 0 spiro atoms.